The summed E-state index contributed by atoms with van der Waals surface area (Å²) < 4.78 is 0.947. The Balaban J connectivity index is 2.18. The molecule has 4 heteroatoms. The number of nitrogens with zero attached hydrogens (tertiary/aromatic N) is 1. The van der Waals surface area contributed by atoms with Crippen LogP contribution in [0, 0.1) is 13.8 Å². The van der Waals surface area contributed by atoms with Crippen LogP contribution in [0.4, 0.5) is 11.4 Å². The number of anilines is 1. The normalized spacial score (nSPS) is 15.3. The number of aryl methyl sites for hydroxylation is 2. The van der Waals surface area contributed by atoms with Crippen LogP contribution in [0.3, 0.4) is 0 Å². The Bertz CT molecular complexity index is 750. The number of halogens is 1. The summed E-state index contributed by atoms with van der Waals surface area (Å²) in [7, 11) is 0. The number of carbonyl (C=O) groups excluding carboxylic acids is 1. The summed E-state index contributed by atoms with van der Waals surface area (Å²) in [5.74, 6) is -0.149. The van der Waals surface area contributed by atoms with E-state index < -0.39 is 0 Å². The van der Waals surface area contributed by atoms with Crippen molar-refractivity contribution < 1.29 is 4.79 Å². The molecular weight excluding hydrogens is 316 g/mol. The van der Waals surface area contributed by atoms with Crippen molar-refractivity contribution in [3.63, 3.8) is 0 Å². The second-order valence-corrected chi connectivity index (χ2v) is 5.76. The number of nitrogens with one attached hydrogen (secondary N) is 1. The van der Waals surface area contributed by atoms with E-state index in [2.05, 4.69) is 26.2 Å². The molecule has 2 aromatic rings. The summed E-state index contributed by atoms with van der Waals surface area (Å²) in [4.78, 5) is 16.7. The zero-order valence-corrected chi connectivity index (χ0v) is 12.8. The molecule has 0 unspecified atom stereocenters. The molecule has 100 valence electrons. The van der Waals surface area contributed by atoms with E-state index in [0.717, 1.165) is 32.5 Å². The molecule has 0 saturated heterocycles. The summed E-state index contributed by atoms with van der Waals surface area (Å²) in [6.07, 6.45) is 0. The van der Waals surface area contributed by atoms with E-state index in [4.69, 9.17) is 0 Å². The molecule has 20 heavy (non-hydrogen) atoms. The lowest BCUT2D eigenvalue weighted by Gasteiger charge is -2.04. The van der Waals surface area contributed by atoms with Gasteiger partial charge in [0.2, 0.25) is 0 Å². The van der Waals surface area contributed by atoms with E-state index in [1.807, 2.05) is 50.2 Å². The Labute approximate surface area is 125 Å². The molecule has 2 aromatic carbocycles. The van der Waals surface area contributed by atoms with Gasteiger partial charge in [-0.3, -0.25) is 4.79 Å². The molecule has 1 aliphatic rings. The number of aliphatic imine (C=N–C) groups is 1. The van der Waals surface area contributed by atoms with Gasteiger partial charge in [-0.2, -0.15) is 0 Å². The van der Waals surface area contributed by atoms with Gasteiger partial charge in [0.1, 0.15) is 5.71 Å². The minimum Gasteiger partial charge on any atom is -0.320 e. The maximum atomic E-state index is 12.2. The van der Waals surface area contributed by atoms with Gasteiger partial charge in [-0.05, 0) is 43.2 Å². The van der Waals surface area contributed by atoms with Crippen LogP contribution in [0.5, 0.6) is 0 Å². The number of para-hydroxylation sites is 1. The summed E-state index contributed by atoms with van der Waals surface area (Å²) in [5.41, 5.74) is 5.07. The second kappa shape index (κ2) is 4.87. The van der Waals surface area contributed by atoms with Gasteiger partial charge in [-0.25, -0.2) is 4.99 Å². The van der Waals surface area contributed by atoms with Crippen LogP contribution in [0.15, 0.2) is 45.9 Å². The Hall–Kier alpha value is -1.94. The Morgan fingerprint density at radius 3 is 2.60 bits per heavy atom. The van der Waals surface area contributed by atoms with Gasteiger partial charge < -0.3 is 5.32 Å². The first-order valence-electron chi connectivity index (χ1n) is 6.32. The van der Waals surface area contributed by atoms with Crippen molar-refractivity contribution in [3.8, 4) is 0 Å². The van der Waals surface area contributed by atoms with E-state index in [9.17, 15) is 4.79 Å². The lowest BCUT2D eigenvalue weighted by atomic mass is 10.1. The fraction of sp³-hybridized carbons (Fsp3) is 0.125. The third-order valence-electron chi connectivity index (χ3n) is 3.36. The highest BCUT2D eigenvalue weighted by Gasteiger charge is 2.27. The largest absolute Gasteiger partial charge is 0.320 e. The minimum atomic E-state index is -0.149. The Morgan fingerprint density at radius 1 is 1.10 bits per heavy atom. The van der Waals surface area contributed by atoms with Crippen molar-refractivity contribution in [3.05, 3.63) is 57.6 Å². The van der Waals surface area contributed by atoms with E-state index in [-0.39, 0.29) is 5.91 Å². The van der Waals surface area contributed by atoms with Gasteiger partial charge >= 0.3 is 0 Å². The summed E-state index contributed by atoms with van der Waals surface area (Å²) in [6, 6.07) is 11.7. The Morgan fingerprint density at radius 2 is 1.85 bits per heavy atom. The van der Waals surface area contributed by atoms with Crippen molar-refractivity contribution in [2.24, 2.45) is 4.99 Å². The number of amides is 1. The molecule has 3 rings (SSSR count). The molecule has 0 aliphatic carbocycles. The van der Waals surface area contributed by atoms with Gasteiger partial charge in [0.25, 0.3) is 5.91 Å². The second-order valence-electron chi connectivity index (χ2n) is 4.85. The third kappa shape index (κ3) is 2.16. The zero-order valence-electron chi connectivity index (χ0n) is 11.2. The number of hydrogen-bond donors (Lipinski definition) is 1. The molecule has 0 spiro atoms. The molecule has 1 aliphatic heterocycles. The molecular formula is C16H13BrN2O. The molecule has 0 atom stereocenters. The number of fused-ring (bicyclic) bond motifs is 1. The average molecular weight is 329 g/mol. The van der Waals surface area contributed by atoms with E-state index in [1.165, 1.54) is 0 Å². The first-order chi connectivity index (χ1) is 9.56. The van der Waals surface area contributed by atoms with E-state index >= 15 is 0 Å². The average Bonchev–Trinajstić information content (AvgIpc) is 2.70. The van der Waals surface area contributed by atoms with Gasteiger partial charge in [0.15, 0.2) is 0 Å². The first kappa shape index (κ1) is 13.1. The maximum absolute atomic E-state index is 12.2. The Kier molecular flexibility index (Phi) is 3.18. The lowest BCUT2D eigenvalue weighted by Crippen LogP contribution is -2.14. The summed E-state index contributed by atoms with van der Waals surface area (Å²) in [6.45, 7) is 3.96. The number of carbonyl (C=O) groups is 1. The predicted octanol–water partition coefficient (Wildman–Crippen LogP) is 4.14. The fourth-order valence-electron chi connectivity index (χ4n) is 2.31. The third-order valence-corrected chi connectivity index (χ3v) is 3.81. The van der Waals surface area contributed by atoms with Gasteiger partial charge in [-0.15, -0.1) is 0 Å². The van der Waals surface area contributed by atoms with Crippen molar-refractivity contribution >= 4 is 38.9 Å². The van der Waals surface area contributed by atoms with Crippen LogP contribution in [-0.2, 0) is 4.79 Å². The molecule has 1 heterocycles. The monoisotopic (exact) mass is 328 g/mol. The van der Waals surface area contributed by atoms with E-state index in [1.54, 1.807) is 0 Å². The molecule has 3 nitrogen and oxygen atoms in total. The fourth-order valence-corrected chi connectivity index (χ4v) is 2.88. The van der Waals surface area contributed by atoms with Gasteiger partial charge in [-0.1, -0.05) is 34.1 Å². The minimum absolute atomic E-state index is 0.149. The smallest absolute Gasteiger partial charge is 0.275 e. The predicted molar refractivity (Wildman–Crippen MR) is 84.9 cm³/mol. The highest BCUT2D eigenvalue weighted by atomic mass is 79.9. The van der Waals surface area contributed by atoms with Crippen molar-refractivity contribution in [1.82, 2.24) is 0 Å². The van der Waals surface area contributed by atoms with Crippen LogP contribution in [0.2, 0.25) is 0 Å². The molecule has 0 radical (unpaired) electrons. The molecule has 0 saturated carbocycles. The summed E-state index contributed by atoms with van der Waals surface area (Å²) in [5, 5.41) is 2.89. The van der Waals surface area contributed by atoms with Gasteiger partial charge in [0, 0.05) is 10.0 Å². The van der Waals surface area contributed by atoms with Crippen molar-refractivity contribution in [2.75, 3.05) is 5.32 Å². The topological polar surface area (TPSA) is 41.5 Å². The maximum Gasteiger partial charge on any atom is 0.275 e. The SMILES string of the molecule is Cc1ccccc1N=C1C(=O)Nc2c(C)cc(Br)cc21. The van der Waals surface area contributed by atoms with Crippen LogP contribution < -0.4 is 5.32 Å². The number of hydrogen-bond acceptors (Lipinski definition) is 2. The highest BCUT2D eigenvalue weighted by molar-refractivity contribution is 9.10. The van der Waals surface area contributed by atoms with E-state index in [0.29, 0.717) is 5.71 Å². The molecule has 0 bridgehead atoms. The number of rotatable bonds is 1. The van der Waals surface area contributed by atoms with Crippen molar-refractivity contribution in [2.45, 2.75) is 13.8 Å². The van der Waals surface area contributed by atoms with Crippen LogP contribution in [-0.4, -0.2) is 11.6 Å². The summed E-state index contributed by atoms with van der Waals surface area (Å²) >= 11 is 3.47. The molecule has 0 fully saturated rings. The first-order valence-corrected chi connectivity index (χ1v) is 7.12. The van der Waals surface area contributed by atoms with Crippen LogP contribution in [0.25, 0.3) is 0 Å². The molecule has 0 aromatic heterocycles. The molecule has 1 N–H and O–H groups in total. The standard InChI is InChI=1S/C16H13BrN2O/c1-9-5-3-4-6-13(9)18-15-12-8-11(17)7-10(2)14(12)19-16(15)20/h3-8H,1-2H3,(H,18,19,20). The van der Waals surface area contributed by atoms with Gasteiger partial charge in [0.05, 0.1) is 11.4 Å². The zero-order chi connectivity index (χ0) is 14.3. The van der Waals surface area contributed by atoms with Crippen LogP contribution in [0.1, 0.15) is 16.7 Å². The molecule has 1 amide bonds. The lowest BCUT2D eigenvalue weighted by molar-refractivity contribution is -0.110. The number of benzene rings is 2. The van der Waals surface area contributed by atoms with Crippen LogP contribution >= 0.6 is 15.9 Å². The van der Waals surface area contributed by atoms with Crippen molar-refractivity contribution in [1.29, 1.82) is 0 Å². The highest BCUT2D eigenvalue weighted by Crippen LogP contribution is 2.32. The quantitative estimate of drug-likeness (QED) is 0.839.